The Labute approximate surface area is 111 Å². The van der Waals surface area contributed by atoms with Gasteiger partial charge in [-0.15, -0.1) is 0 Å². The van der Waals surface area contributed by atoms with Crippen molar-refractivity contribution in [3.63, 3.8) is 0 Å². The predicted molar refractivity (Wildman–Crippen MR) is 63.7 cm³/mol. The van der Waals surface area contributed by atoms with Crippen LogP contribution < -0.4 is 17.0 Å². The number of carboxylic acids is 1. The van der Waals surface area contributed by atoms with Crippen LogP contribution in [0.4, 0.5) is 0 Å². The van der Waals surface area contributed by atoms with Crippen molar-refractivity contribution in [3.05, 3.63) is 17.2 Å². The lowest BCUT2D eigenvalue weighted by Gasteiger charge is -2.24. The number of carbonyl (C=O) groups is 2. The first-order valence-electron chi connectivity index (χ1n) is 5.13. The highest BCUT2D eigenvalue weighted by atomic mass is 16.4. The Morgan fingerprint density at radius 2 is 1.75 bits per heavy atom. The smallest absolute Gasteiger partial charge is 0.330 e. The highest BCUT2D eigenvalue weighted by Gasteiger charge is 2.40. The topological polar surface area (TPSA) is 199 Å². The monoisotopic (exact) mass is 287 g/mol. The number of nitrogens with one attached hydrogen (secondary N) is 1. The van der Waals surface area contributed by atoms with E-state index in [0.717, 1.165) is 0 Å². The number of carbonyl (C=O) groups excluding carboxylic acids is 1. The van der Waals surface area contributed by atoms with E-state index < -0.39 is 52.4 Å². The van der Waals surface area contributed by atoms with Gasteiger partial charge in [0.1, 0.15) is 0 Å². The molecule has 0 fully saturated rings. The van der Waals surface area contributed by atoms with Crippen molar-refractivity contribution in [2.75, 3.05) is 6.61 Å². The molecular formula is C10H13N3O7. The van der Waals surface area contributed by atoms with Crippen molar-refractivity contribution in [1.29, 1.82) is 0 Å². The summed E-state index contributed by atoms with van der Waals surface area (Å²) < 4.78 is 0. The molecule has 1 amide bonds. The maximum atomic E-state index is 11.4. The first kappa shape index (κ1) is 15.5. The number of aliphatic hydroxyl groups is 1. The van der Waals surface area contributed by atoms with E-state index in [9.17, 15) is 24.9 Å². The SMILES string of the molecule is NNC(=O)c1cc(C(N)(CO)C(=O)O)c(O)c(O)c1O. The van der Waals surface area contributed by atoms with E-state index in [1.54, 1.807) is 5.43 Å². The lowest BCUT2D eigenvalue weighted by molar-refractivity contribution is -0.145. The fourth-order valence-corrected chi connectivity index (χ4v) is 1.51. The standard InChI is InChI=1S/C10H13N3O7/c11-10(2-14,9(19)20)4-1-3(8(18)13-12)5(15)7(17)6(4)16/h1,14-17H,2,11-12H2,(H,13,18)(H,19,20). The maximum absolute atomic E-state index is 11.4. The van der Waals surface area contributed by atoms with Crippen LogP contribution in [0.1, 0.15) is 15.9 Å². The van der Waals surface area contributed by atoms with Crippen LogP contribution in [0.25, 0.3) is 0 Å². The molecule has 0 aliphatic carbocycles. The summed E-state index contributed by atoms with van der Waals surface area (Å²) in [6.45, 7) is -1.14. The molecule has 1 rings (SSSR count). The summed E-state index contributed by atoms with van der Waals surface area (Å²) in [5, 5.41) is 46.7. The number of hydrogen-bond acceptors (Lipinski definition) is 8. The summed E-state index contributed by atoms with van der Waals surface area (Å²) in [4.78, 5) is 22.5. The Kier molecular flexibility index (Phi) is 4.03. The van der Waals surface area contributed by atoms with Gasteiger partial charge in [0.2, 0.25) is 5.75 Å². The number of nitrogen functional groups attached to an aromatic ring is 1. The summed E-state index contributed by atoms with van der Waals surface area (Å²) in [7, 11) is 0. The van der Waals surface area contributed by atoms with Gasteiger partial charge in [-0.05, 0) is 6.07 Å². The summed E-state index contributed by atoms with van der Waals surface area (Å²) in [5.74, 6) is -1.18. The molecule has 0 aromatic heterocycles. The van der Waals surface area contributed by atoms with E-state index in [-0.39, 0.29) is 0 Å². The van der Waals surface area contributed by atoms with Gasteiger partial charge in [0.05, 0.1) is 12.2 Å². The molecule has 10 heteroatoms. The van der Waals surface area contributed by atoms with Crippen LogP contribution in [0.5, 0.6) is 17.2 Å². The van der Waals surface area contributed by atoms with Gasteiger partial charge in [0.15, 0.2) is 17.0 Å². The molecule has 10 N–H and O–H groups in total. The number of amides is 1. The molecule has 0 aliphatic heterocycles. The van der Waals surface area contributed by atoms with E-state index in [2.05, 4.69) is 0 Å². The van der Waals surface area contributed by atoms with Gasteiger partial charge in [-0.25, -0.2) is 10.6 Å². The molecule has 0 bridgehead atoms. The minimum Gasteiger partial charge on any atom is -0.504 e. The molecule has 0 radical (unpaired) electrons. The maximum Gasteiger partial charge on any atom is 0.330 e. The van der Waals surface area contributed by atoms with Gasteiger partial charge in [-0.3, -0.25) is 10.2 Å². The number of phenols is 3. The van der Waals surface area contributed by atoms with Crippen LogP contribution in [0.2, 0.25) is 0 Å². The molecule has 1 unspecified atom stereocenters. The van der Waals surface area contributed by atoms with Crippen LogP contribution in [0, 0.1) is 0 Å². The molecular weight excluding hydrogens is 274 g/mol. The third-order valence-electron chi connectivity index (χ3n) is 2.73. The van der Waals surface area contributed by atoms with E-state index in [4.69, 9.17) is 21.8 Å². The Morgan fingerprint density at radius 3 is 2.15 bits per heavy atom. The van der Waals surface area contributed by atoms with Gasteiger partial charge in [-0.2, -0.15) is 0 Å². The lowest BCUT2D eigenvalue weighted by atomic mass is 9.89. The minimum absolute atomic E-state index is 0.623. The van der Waals surface area contributed by atoms with E-state index >= 15 is 0 Å². The van der Waals surface area contributed by atoms with Gasteiger partial charge in [0, 0.05) is 5.56 Å². The second kappa shape index (κ2) is 5.21. The average molecular weight is 287 g/mol. The first-order valence-corrected chi connectivity index (χ1v) is 5.13. The Morgan fingerprint density at radius 1 is 1.20 bits per heavy atom. The molecule has 20 heavy (non-hydrogen) atoms. The Bertz CT molecular complexity index is 574. The number of rotatable bonds is 4. The highest BCUT2D eigenvalue weighted by molar-refractivity contribution is 5.99. The summed E-state index contributed by atoms with van der Waals surface area (Å²) in [6.07, 6.45) is 0. The molecule has 0 saturated heterocycles. The van der Waals surface area contributed by atoms with Gasteiger partial charge in [-0.1, -0.05) is 0 Å². The van der Waals surface area contributed by atoms with Crippen molar-refractivity contribution >= 4 is 11.9 Å². The minimum atomic E-state index is -2.49. The van der Waals surface area contributed by atoms with Gasteiger partial charge in [0.25, 0.3) is 5.91 Å². The average Bonchev–Trinajstić information content (AvgIpc) is 2.43. The van der Waals surface area contributed by atoms with Crippen LogP contribution in [0.3, 0.4) is 0 Å². The molecule has 110 valence electrons. The Hall–Kier alpha value is -2.56. The highest BCUT2D eigenvalue weighted by Crippen LogP contribution is 2.43. The number of aliphatic carboxylic acids is 1. The van der Waals surface area contributed by atoms with Crippen molar-refractivity contribution in [3.8, 4) is 17.2 Å². The quantitative estimate of drug-likeness (QED) is 0.129. The van der Waals surface area contributed by atoms with E-state index in [0.29, 0.717) is 6.07 Å². The van der Waals surface area contributed by atoms with Crippen LogP contribution in [-0.2, 0) is 10.3 Å². The number of phenolic OH excluding ortho intramolecular Hbond substituents is 3. The van der Waals surface area contributed by atoms with Crippen molar-refractivity contribution < 1.29 is 35.1 Å². The number of benzene rings is 1. The van der Waals surface area contributed by atoms with Crippen LogP contribution >= 0.6 is 0 Å². The van der Waals surface area contributed by atoms with Crippen molar-refractivity contribution in [1.82, 2.24) is 5.43 Å². The first-order chi connectivity index (χ1) is 9.20. The summed E-state index contributed by atoms with van der Waals surface area (Å²) >= 11 is 0. The Balaban J connectivity index is 3.68. The van der Waals surface area contributed by atoms with E-state index in [1.165, 1.54) is 0 Å². The third-order valence-corrected chi connectivity index (χ3v) is 2.73. The summed E-state index contributed by atoms with van der Waals surface area (Å²) in [6, 6.07) is 0.705. The fraction of sp³-hybridized carbons (Fsp3) is 0.200. The number of aliphatic hydroxyl groups excluding tert-OH is 1. The second-order valence-electron chi connectivity index (χ2n) is 3.93. The van der Waals surface area contributed by atoms with Crippen LogP contribution in [0.15, 0.2) is 6.07 Å². The predicted octanol–water partition coefficient (Wildman–Crippen LogP) is -2.36. The number of nitrogens with two attached hydrogens (primary N) is 2. The fourth-order valence-electron chi connectivity index (χ4n) is 1.51. The third kappa shape index (κ3) is 2.18. The van der Waals surface area contributed by atoms with Gasteiger partial charge < -0.3 is 31.3 Å². The second-order valence-corrected chi connectivity index (χ2v) is 3.93. The molecule has 0 heterocycles. The van der Waals surface area contributed by atoms with Crippen molar-refractivity contribution in [2.24, 2.45) is 11.6 Å². The largest absolute Gasteiger partial charge is 0.504 e. The number of hydrogen-bond donors (Lipinski definition) is 8. The molecule has 0 spiro atoms. The number of aromatic hydroxyl groups is 3. The molecule has 10 nitrogen and oxygen atoms in total. The summed E-state index contributed by atoms with van der Waals surface area (Å²) in [5.41, 5.74) is 3.30. The molecule has 1 aromatic rings. The van der Waals surface area contributed by atoms with Crippen molar-refractivity contribution in [2.45, 2.75) is 5.54 Å². The number of hydrazine groups is 1. The van der Waals surface area contributed by atoms with Crippen LogP contribution in [-0.4, -0.2) is 44.0 Å². The molecule has 1 aromatic carbocycles. The van der Waals surface area contributed by atoms with Gasteiger partial charge >= 0.3 is 5.97 Å². The molecule has 1 atom stereocenters. The lowest BCUT2D eigenvalue weighted by Crippen LogP contribution is -2.48. The molecule has 0 saturated carbocycles. The normalized spacial score (nSPS) is 13.6. The zero-order chi connectivity index (χ0) is 15.7. The zero-order valence-corrected chi connectivity index (χ0v) is 9.99. The zero-order valence-electron chi connectivity index (χ0n) is 9.99. The number of carboxylic acid groups (broad SMARTS) is 1. The molecule has 0 aliphatic rings. The van der Waals surface area contributed by atoms with E-state index in [1.807, 2.05) is 0 Å².